The molecule has 18 rings (SSSR count). The lowest BCUT2D eigenvalue weighted by Crippen LogP contribution is -2.19. The van der Waals surface area contributed by atoms with Crippen molar-refractivity contribution < 1.29 is 4.42 Å². The molecule has 0 unspecified atom stereocenters. The van der Waals surface area contributed by atoms with Crippen molar-refractivity contribution in [1.29, 1.82) is 0 Å². The van der Waals surface area contributed by atoms with E-state index in [2.05, 4.69) is 462 Å². The highest BCUT2D eigenvalue weighted by atomic mass is 16.3. The number of pyridine rings is 2. The van der Waals surface area contributed by atoms with Crippen LogP contribution in [0.2, 0.25) is 0 Å². The van der Waals surface area contributed by atoms with Crippen molar-refractivity contribution in [3.8, 4) is 0 Å². The Labute approximate surface area is 836 Å². The molecule has 0 aliphatic rings. The molecule has 19 heteroatoms. The molecule has 0 radical (unpaired) electrons. The maximum absolute atomic E-state index is 11.7. The van der Waals surface area contributed by atoms with Crippen molar-refractivity contribution in [1.82, 2.24) is 83.7 Å². The number of para-hydroxylation sites is 5. The minimum absolute atomic E-state index is 0.0827. The fraction of sp³-hybridized carbons (Fsp3) is 0.430. The van der Waals surface area contributed by atoms with Gasteiger partial charge in [-0.25, -0.2) is 39.9 Å². The van der Waals surface area contributed by atoms with Crippen LogP contribution < -0.4 is 5.43 Å². The Kier molecular flexibility index (Phi) is 38.6. The van der Waals surface area contributed by atoms with Gasteiger partial charge in [0.05, 0.1) is 60.7 Å². The van der Waals surface area contributed by atoms with Crippen LogP contribution in [0.3, 0.4) is 0 Å². The molecule has 0 fully saturated rings. The number of nitrogens with zero attached hydrogens (tertiary/aromatic N) is 12. The topological polar surface area (TPSA) is 229 Å². The quantitative estimate of drug-likeness (QED) is 0.0769. The maximum Gasteiger partial charge on any atom is 0.198 e. The number of aromatic amines is 5. The molecule has 0 saturated heterocycles. The molecule has 0 aliphatic heterocycles. The monoisotopic (exact) mass is 1890 g/mol. The predicted octanol–water partition coefficient (Wildman–Crippen LogP) is 30.1. The van der Waals surface area contributed by atoms with Crippen molar-refractivity contribution in [2.45, 2.75) is 292 Å². The fourth-order valence-electron chi connectivity index (χ4n) is 15.7. The molecule has 9 aromatic carbocycles. The molecule has 746 valence electrons. The molecule has 0 amide bonds. The zero-order valence-corrected chi connectivity index (χ0v) is 92.0. The van der Waals surface area contributed by atoms with Crippen LogP contribution in [0.25, 0.3) is 88.3 Å². The van der Waals surface area contributed by atoms with E-state index in [4.69, 9.17) is 4.42 Å². The van der Waals surface area contributed by atoms with Gasteiger partial charge in [-0.05, 0) is 259 Å². The van der Waals surface area contributed by atoms with Crippen molar-refractivity contribution in [3.63, 3.8) is 0 Å². The minimum Gasteiger partial charge on any atom is -0.440 e. The molecule has 9 heterocycles. The Morgan fingerprint density at radius 2 is 0.907 bits per heavy atom. The Morgan fingerprint density at radius 3 is 1.51 bits per heavy atom. The molecular weight excluding hydrogens is 1720 g/mol. The Hall–Kier alpha value is -12.5. The summed E-state index contributed by atoms with van der Waals surface area (Å²) in [6.07, 6.45) is 4.12. The van der Waals surface area contributed by atoms with Crippen LogP contribution in [0.5, 0.6) is 0 Å². The van der Waals surface area contributed by atoms with E-state index in [1.807, 2.05) is 73.8 Å². The number of benzene rings is 9. The van der Waals surface area contributed by atoms with E-state index in [0.29, 0.717) is 35.5 Å². The van der Waals surface area contributed by atoms with E-state index in [0.717, 1.165) is 155 Å². The van der Waals surface area contributed by atoms with Crippen LogP contribution in [-0.4, -0.2) is 125 Å². The summed E-state index contributed by atoms with van der Waals surface area (Å²) in [5.74, 6) is 9.89. The summed E-state index contributed by atoms with van der Waals surface area (Å²) in [6.45, 7) is 71.3. The van der Waals surface area contributed by atoms with Crippen LogP contribution in [0.1, 0.15) is 315 Å². The van der Waals surface area contributed by atoms with Crippen molar-refractivity contribution in [3.05, 3.63) is 318 Å². The normalized spacial score (nSPS) is 11.7. The molecule has 19 nitrogen and oxygen atoms in total. The molecule has 9 aromatic heterocycles. The lowest BCUT2D eigenvalue weighted by Gasteiger charge is -2.24. The molecule has 0 aliphatic carbocycles. The molecular formula is C121H165N17O2. The molecule has 5 N–H and O–H groups in total. The maximum atomic E-state index is 11.7. The fourth-order valence-corrected chi connectivity index (χ4v) is 15.7. The number of hydrogen-bond acceptors (Lipinski definition) is 12. The summed E-state index contributed by atoms with van der Waals surface area (Å²) in [7, 11) is 12.7. The number of oxazole rings is 1. The SMILES string of the molecule is CC(C)c1cc(=O)c2ccccc2[nH]1.CC(C)c1nc2ccccc2n1C.CC(C)c1nc2ccccc2o1.CN(C)CCc1cccc(C(C)(C)C)c1.Cc1cc2nc(C(C)(C)C)[nH]c2cc1C.Cc1ccc(CCN(C)C)c(C(C)(C)C)c1.Cc1ccc2[nH]c(C(C)(C)C)nc2c1C.Cc1ccc2c(c1)nc(C(C)C)n2C.Cc1ccc2nc(C(C)C)[nH]c2c1.Cc1cnc2nc(C(C)C)[nH]c2c1. The van der Waals surface area contributed by atoms with Gasteiger partial charge >= 0.3 is 0 Å². The second kappa shape index (κ2) is 48.6. The van der Waals surface area contributed by atoms with E-state index in [-0.39, 0.29) is 27.1 Å². The summed E-state index contributed by atoms with van der Waals surface area (Å²) < 4.78 is 9.86. The third-order valence-corrected chi connectivity index (χ3v) is 24.6. The van der Waals surface area contributed by atoms with Gasteiger partial charge in [0.1, 0.15) is 40.5 Å². The molecule has 0 atom stereocenters. The minimum atomic E-state index is 0.0827. The van der Waals surface area contributed by atoms with Gasteiger partial charge < -0.3 is 48.3 Å². The Balaban J connectivity index is 0.000000174. The second-order valence-corrected chi connectivity index (χ2v) is 44.3. The third-order valence-electron chi connectivity index (χ3n) is 24.6. The summed E-state index contributed by atoms with van der Waals surface area (Å²) in [5, 5.41) is 0.761. The van der Waals surface area contributed by atoms with Gasteiger partial charge in [0.2, 0.25) is 0 Å². The molecule has 18 aromatic rings. The van der Waals surface area contributed by atoms with E-state index in [1.54, 1.807) is 6.07 Å². The highest BCUT2D eigenvalue weighted by molar-refractivity contribution is 5.82. The van der Waals surface area contributed by atoms with Crippen LogP contribution in [-0.2, 0) is 48.6 Å². The zero-order valence-electron chi connectivity index (χ0n) is 92.0. The highest BCUT2D eigenvalue weighted by Crippen LogP contribution is 2.32. The first kappa shape index (κ1) is 111. The van der Waals surface area contributed by atoms with Gasteiger partial charge in [0.15, 0.2) is 22.5 Å². The molecule has 0 bridgehead atoms. The Bertz CT molecular complexity index is 6960. The second-order valence-electron chi connectivity index (χ2n) is 44.3. The van der Waals surface area contributed by atoms with Crippen molar-refractivity contribution in [2.75, 3.05) is 41.3 Å². The number of fused-ring (bicyclic) bond motifs is 8. The van der Waals surface area contributed by atoms with E-state index in [1.165, 1.54) is 72.2 Å². The molecule has 0 saturated carbocycles. The lowest BCUT2D eigenvalue weighted by molar-refractivity contribution is 0.411. The smallest absolute Gasteiger partial charge is 0.198 e. The number of rotatable bonds is 12. The van der Waals surface area contributed by atoms with Crippen molar-refractivity contribution in [2.24, 2.45) is 14.1 Å². The van der Waals surface area contributed by atoms with E-state index >= 15 is 0 Å². The van der Waals surface area contributed by atoms with Gasteiger partial charge in [0.25, 0.3) is 0 Å². The number of nitrogens with one attached hydrogen (secondary N) is 5. The standard InChI is InChI=1S/C15H25N.C14H23N.2C13H18N2.C12H16N2.C12H13NO.2C11H14N2.C10H13N3.C10H11NO/c1-12-7-8-13(9-10-16(5)6)14(11-12)15(2,3)4;1-14(2,3)13-8-6-7-12(11-13)9-10-15(4)5;1-8-6-10-11(7-9(8)2)15-12(14-10)13(3,4)5;1-8-6-7-10-11(9(8)2)15-12(14-10)13(3,4)5;1-8(2)12-13-10-7-9(3)5-6-11(10)14(12)4;1-8(2)11-7-12(14)9-5-3-4-6-10(9)13-11;1-7(2)11-12-9-5-4-8(3)6-10(9)13-11;1-8(2)11-12-9-6-4-5-7-10(9)13(11)3;1-6(2)9-12-8-4-7(3)5-11-10(8)13-9;1-7(2)10-11-8-5-3-4-6-9(8)12-10/h7-8,11H,9-10H2,1-6H3;6-8,11H,9-10H2,1-5H3;2*6-7H,1-5H3,(H,14,15);5-8H,1-4H3;3-8H,1-2H3,(H,13,14);4-7H,1-3H3,(H,12,13);4-8H,1-3H3;4-6H,1-3H3,(H,11,12,13);3-7H,1-2H3. The first-order valence-electron chi connectivity index (χ1n) is 50.1. The number of likely N-dealkylation sites (N-methyl/N-ethyl adjacent to an activating group) is 2. The van der Waals surface area contributed by atoms with Gasteiger partial charge in [-0.1, -0.05) is 269 Å². The first-order valence-corrected chi connectivity index (χ1v) is 50.1. The number of aryl methyl sites for hydroxylation is 10. The third kappa shape index (κ3) is 31.3. The zero-order chi connectivity index (χ0) is 103. The molecule has 0 spiro atoms. The average molecular weight is 1890 g/mol. The number of H-pyrrole nitrogens is 5. The predicted molar refractivity (Wildman–Crippen MR) is 597 cm³/mol. The number of imidazole rings is 6. The largest absolute Gasteiger partial charge is 0.440 e. The first-order chi connectivity index (χ1) is 65.5. The van der Waals surface area contributed by atoms with Crippen LogP contribution >= 0.6 is 0 Å². The van der Waals surface area contributed by atoms with Crippen LogP contribution in [0, 0.1) is 55.4 Å². The molecule has 140 heavy (non-hydrogen) atoms. The van der Waals surface area contributed by atoms with Gasteiger partial charge in [-0.2, -0.15) is 0 Å². The van der Waals surface area contributed by atoms with Crippen LogP contribution in [0.4, 0.5) is 0 Å². The highest BCUT2D eigenvalue weighted by Gasteiger charge is 2.23. The summed E-state index contributed by atoms with van der Waals surface area (Å²) in [6, 6.07) is 64.5. The summed E-state index contributed by atoms with van der Waals surface area (Å²) in [4.78, 5) is 68.8. The van der Waals surface area contributed by atoms with Gasteiger partial charge in [-0.15, -0.1) is 0 Å². The number of hydrogen-bond donors (Lipinski definition) is 5. The lowest BCUT2D eigenvalue weighted by atomic mass is 9.82. The van der Waals surface area contributed by atoms with Gasteiger partial charge in [-0.3, -0.25) is 4.79 Å². The van der Waals surface area contributed by atoms with Crippen LogP contribution in [0.15, 0.2) is 203 Å². The van der Waals surface area contributed by atoms with E-state index < -0.39 is 0 Å². The Morgan fingerprint density at radius 1 is 0.371 bits per heavy atom. The number of aromatic nitrogens is 15. The van der Waals surface area contributed by atoms with Crippen molar-refractivity contribution >= 4 is 88.3 Å². The summed E-state index contributed by atoms with van der Waals surface area (Å²) in [5.41, 5.74) is 33.8. The summed E-state index contributed by atoms with van der Waals surface area (Å²) >= 11 is 0. The van der Waals surface area contributed by atoms with E-state index in [9.17, 15) is 4.79 Å². The van der Waals surface area contributed by atoms with Gasteiger partial charge in [0, 0.05) is 96.5 Å². The average Bonchev–Trinajstić information content (AvgIpc) is 1.54.